The van der Waals surface area contributed by atoms with Crippen LogP contribution >= 0.6 is 0 Å². The molecular weight excluding hydrogens is 233 g/mol. The van der Waals surface area contributed by atoms with Crippen molar-refractivity contribution in [3.8, 4) is 0 Å². The molecule has 3 N–H and O–H groups in total. The first-order chi connectivity index (χ1) is 7.89. The summed E-state index contributed by atoms with van der Waals surface area (Å²) < 4.78 is 36.6. The molecule has 0 unspecified atom stereocenters. The Balaban J connectivity index is 1.94. The van der Waals surface area contributed by atoms with E-state index >= 15 is 0 Å². The Labute approximate surface area is 96.4 Å². The molecule has 1 aromatic rings. The molecule has 1 saturated carbocycles. The third kappa shape index (κ3) is 2.85. The summed E-state index contributed by atoms with van der Waals surface area (Å²) in [6.45, 7) is 0.507. The van der Waals surface area contributed by atoms with Crippen molar-refractivity contribution in [1.29, 1.82) is 0 Å². The Hall–Kier alpha value is -1.37. The van der Waals surface area contributed by atoms with Crippen LogP contribution in [0.4, 0.5) is 19.0 Å². The molecule has 0 spiro atoms. The normalized spacial score (nSPS) is 18.6. The summed E-state index contributed by atoms with van der Waals surface area (Å²) in [5, 5.41) is 9.49. The summed E-state index contributed by atoms with van der Waals surface area (Å²) in [6, 6.07) is 2.16. The van der Waals surface area contributed by atoms with Gasteiger partial charge in [0.1, 0.15) is 5.82 Å². The van der Waals surface area contributed by atoms with E-state index in [0.717, 1.165) is 25.3 Å². The van der Waals surface area contributed by atoms with Gasteiger partial charge in [-0.15, -0.1) is 10.2 Å². The van der Waals surface area contributed by atoms with Crippen molar-refractivity contribution in [2.24, 2.45) is 5.73 Å². The highest BCUT2D eigenvalue weighted by atomic mass is 19.4. The molecule has 0 atom stereocenters. The quantitative estimate of drug-likeness (QED) is 0.853. The number of anilines is 1. The van der Waals surface area contributed by atoms with Gasteiger partial charge in [-0.2, -0.15) is 13.2 Å². The van der Waals surface area contributed by atoms with E-state index in [0.29, 0.717) is 12.4 Å². The average molecular weight is 246 g/mol. The molecule has 1 aliphatic carbocycles. The monoisotopic (exact) mass is 246 g/mol. The van der Waals surface area contributed by atoms with E-state index in [4.69, 9.17) is 5.73 Å². The van der Waals surface area contributed by atoms with Gasteiger partial charge in [-0.3, -0.25) is 0 Å². The van der Waals surface area contributed by atoms with Crippen molar-refractivity contribution in [1.82, 2.24) is 10.2 Å². The molecular formula is C10H13F3N4. The van der Waals surface area contributed by atoms with Gasteiger partial charge in [-0.1, -0.05) is 0 Å². The summed E-state index contributed by atoms with van der Waals surface area (Å²) >= 11 is 0. The number of nitrogens with two attached hydrogens (primary N) is 1. The summed E-state index contributed by atoms with van der Waals surface area (Å²) in [7, 11) is 0. The number of hydrogen-bond donors (Lipinski definition) is 2. The highest BCUT2D eigenvalue weighted by molar-refractivity contribution is 5.34. The summed E-state index contributed by atoms with van der Waals surface area (Å²) in [6.07, 6.45) is -1.51. The van der Waals surface area contributed by atoms with Crippen molar-refractivity contribution in [3.63, 3.8) is 0 Å². The van der Waals surface area contributed by atoms with E-state index in [1.165, 1.54) is 6.07 Å². The van der Waals surface area contributed by atoms with Crippen LogP contribution in [0.15, 0.2) is 12.1 Å². The van der Waals surface area contributed by atoms with Gasteiger partial charge in [-0.05, 0) is 31.4 Å². The zero-order chi connectivity index (χ0) is 12.5. The number of rotatable bonds is 3. The number of alkyl halides is 3. The van der Waals surface area contributed by atoms with Gasteiger partial charge in [0.05, 0.1) is 0 Å². The lowest BCUT2D eigenvalue weighted by molar-refractivity contribution is -0.141. The van der Waals surface area contributed by atoms with E-state index in [9.17, 15) is 13.2 Å². The van der Waals surface area contributed by atoms with Gasteiger partial charge in [-0.25, -0.2) is 0 Å². The summed E-state index contributed by atoms with van der Waals surface area (Å²) in [4.78, 5) is 0. The van der Waals surface area contributed by atoms with Crippen molar-refractivity contribution in [3.05, 3.63) is 17.8 Å². The molecule has 0 radical (unpaired) electrons. The highest BCUT2D eigenvalue weighted by Gasteiger charge is 2.34. The maximum Gasteiger partial charge on any atom is 0.435 e. The largest absolute Gasteiger partial charge is 0.435 e. The Morgan fingerprint density at radius 2 is 2.00 bits per heavy atom. The Kier molecular flexibility index (Phi) is 2.94. The second kappa shape index (κ2) is 4.14. The van der Waals surface area contributed by atoms with Crippen molar-refractivity contribution >= 4 is 5.82 Å². The van der Waals surface area contributed by atoms with Gasteiger partial charge >= 0.3 is 6.18 Å². The molecule has 4 nitrogen and oxygen atoms in total. The SMILES string of the molecule is NC1(CNc2ccc(C(F)(F)F)nn2)CCC1. The lowest BCUT2D eigenvalue weighted by Crippen LogP contribution is -2.52. The number of halogens is 3. The fraction of sp³-hybridized carbons (Fsp3) is 0.600. The average Bonchev–Trinajstić information content (AvgIpc) is 2.23. The third-order valence-corrected chi connectivity index (χ3v) is 2.93. The molecule has 0 saturated heterocycles. The Morgan fingerprint density at radius 1 is 1.29 bits per heavy atom. The van der Waals surface area contributed by atoms with Crippen LogP contribution in [0.2, 0.25) is 0 Å². The second-order valence-electron chi connectivity index (χ2n) is 4.37. The molecule has 2 rings (SSSR count). The smallest absolute Gasteiger partial charge is 0.367 e. The number of hydrogen-bond acceptors (Lipinski definition) is 4. The summed E-state index contributed by atoms with van der Waals surface area (Å²) in [5.41, 5.74) is 4.72. The Morgan fingerprint density at radius 3 is 2.41 bits per heavy atom. The first-order valence-corrected chi connectivity index (χ1v) is 5.33. The molecule has 0 aliphatic heterocycles. The molecule has 7 heteroatoms. The number of aromatic nitrogens is 2. The maximum absolute atomic E-state index is 12.2. The van der Waals surface area contributed by atoms with Crippen LogP contribution < -0.4 is 11.1 Å². The zero-order valence-electron chi connectivity index (χ0n) is 9.09. The van der Waals surface area contributed by atoms with E-state index in [-0.39, 0.29) is 5.54 Å². The molecule has 0 bridgehead atoms. The van der Waals surface area contributed by atoms with Crippen LogP contribution in [0, 0.1) is 0 Å². The second-order valence-corrected chi connectivity index (χ2v) is 4.37. The topological polar surface area (TPSA) is 63.8 Å². The minimum atomic E-state index is -4.45. The van der Waals surface area contributed by atoms with Crippen molar-refractivity contribution < 1.29 is 13.2 Å². The van der Waals surface area contributed by atoms with Gasteiger partial charge in [0, 0.05) is 12.1 Å². The Bertz CT molecular complexity index is 384. The number of nitrogens with one attached hydrogen (secondary N) is 1. The fourth-order valence-corrected chi connectivity index (χ4v) is 1.65. The molecule has 1 aromatic heterocycles. The highest BCUT2D eigenvalue weighted by Crippen LogP contribution is 2.29. The molecule has 94 valence electrons. The molecule has 0 amide bonds. The minimum absolute atomic E-state index is 0.246. The van der Waals surface area contributed by atoms with E-state index in [1.54, 1.807) is 0 Å². The molecule has 1 fully saturated rings. The third-order valence-electron chi connectivity index (χ3n) is 2.93. The standard InChI is InChI=1S/C10H13F3N4/c11-10(12,13)7-2-3-8(17-16-7)15-6-9(14)4-1-5-9/h2-3H,1,4-6,14H2,(H,15,17). The molecule has 17 heavy (non-hydrogen) atoms. The van der Waals surface area contributed by atoms with E-state index in [2.05, 4.69) is 15.5 Å². The van der Waals surface area contributed by atoms with Crippen LogP contribution in [0.5, 0.6) is 0 Å². The fourth-order valence-electron chi connectivity index (χ4n) is 1.65. The van der Waals surface area contributed by atoms with Gasteiger partial charge < -0.3 is 11.1 Å². The summed E-state index contributed by atoms with van der Waals surface area (Å²) in [5.74, 6) is 0.315. The van der Waals surface area contributed by atoms with E-state index < -0.39 is 11.9 Å². The zero-order valence-corrected chi connectivity index (χ0v) is 9.09. The van der Waals surface area contributed by atoms with Crippen molar-refractivity contribution in [2.75, 3.05) is 11.9 Å². The van der Waals surface area contributed by atoms with Crippen LogP contribution in [0.3, 0.4) is 0 Å². The maximum atomic E-state index is 12.2. The minimum Gasteiger partial charge on any atom is -0.367 e. The van der Waals surface area contributed by atoms with Gasteiger partial charge in [0.15, 0.2) is 5.69 Å². The van der Waals surface area contributed by atoms with E-state index in [1.807, 2.05) is 0 Å². The van der Waals surface area contributed by atoms with Crippen LogP contribution in [0.1, 0.15) is 25.0 Å². The molecule has 1 heterocycles. The van der Waals surface area contributed by atoms with Crippen LogP contribution in [-0.2, 0) is 6.18 Å². The van der Waals surface area contributed by atoms with Gasteiger partial charge in [0.2, 0.25) is 0 Å². The van der Waals surface area contributed by atoms with Crippen molar-refractivity contribution in [2.45, 2.75) is 31.0 Å². The lowest BCUT2D eigenvalue weighted by Gasteiger charge is -2.38. The number of nitrogens with zero attached hydrogens (tertiary/aromatic N) is 2. The first kappa shape index (κ1) is 12.1. The molecule has 1 aliphatic rings. The predicted octanol–water partition coefficient (Wildman–Crippen LogP) is 1.79. The molecule has 0 aromatic carbocycles. The van der Waals surface area contributed by atoms with Crippen LogP contribution in [-0.4, -0.2) is 22.3 Å². The first-order valence-electron chi connectivity index (χ1n) is 5.33. The van der Waals surface area contributed by atoms with Crippen LogP contribution in [0.25, 0.3) is 0 Å². The predicted molar refractivity (Wildman–Crippen MR) is 56.3 cm³/mol. The lowest BCUT2D eigenvalue weighted by atomic mass is 9.78. The van der Waals surface area contributed by atoms with Gasteiger partial charge in [0.25, 0.3) is 0 Å².